The van der Waals surface area contributed by atoms with E-state index in [1.807, 2.05) is 0 Å². The summed E-state index contributed by atoms with van der Waals surface area (Å²) in [6.45, 7) is 0.539. The summed E-state index contributed by atoms with van der Waals surface area (Å²) < 4.78 is 87.7. The Hall–Kier alpha value is -0.530. The van der Waals surface area contributed by atoms with Crippen molar-refractivity contribution in [1.29, 1.82) is 0 Å². The molecule has 90 valence electrons. The van der Waals surface area contributed by atoms with E-state index in [0.717, 1.165) is 0 Å². The standard InChI is InChI=1S/C7H7F7O/c1-3-2-4(8,9)6(15,5(3,10)11)7(12,13)14/h3,15H,2H2,1H3/t3-,6?/m0/s1. The first-order chi connectivity index (χ1) is 6.38. The molecule has 0 bridgehead atoms. The number of alkyl halides is 7. The molecule has 1 fully saturated rings. The molecule has 0 aromatic rings. The van der Waals surface area contributed by atoms with E-state index in [1.54, 1.807) is 0 Å². The predicted octanol–water partition coefficient (Wildman–Crippen LogP) is 2.59. The first-order valence-corrected chi connectivity index (χ1v) is 3.92. The average Bonchev–Trinajstić information content (AvgIpc) is 2.08. The van der Waals surface area contributed by atoms with Crippen LogP contribution in [0.3, 0.4) is 0 Å². The molecule has 1 saturated carbocycles. The van der Waals surface area contributed by atoms with Gasteiger partial charge in [-0.1, -0.05) is 6.92 Å². The van der Waals surface area contributed by atoms with Crippen LogP contribution in [0.15, 0.2) is 0 Å². The summed E-state index contributed by atoms with van der Waals surface area (Å²) in [4.78, 5) is 0. The minimum absolute atomic E-state index is 0.539. The zero-order chi connectivity index (χ0) is 12.3. The lowest BCUT2D eigenvalue weighted by molar-refractivity contribution is -0.373. The topological polar surface area (TPSA) is 20.2 Å². The van der Waals surface area contributed by atoms with Gasteiger partial charge in [-0.25, -0.2) is 17.6 Å². The van der Waals surface area contributed by atoms with Crippen LogP contribution < -0.4 is 0 Å². The molecule has 0 aliphatic heterocycles. The number of aliphatic hydroxyl groups is 1. The van der Waals surface area contributed by atoms with Gasteiger partial charge in [0.05, 0.1) is 0 Å². The van der Waals surface area contributed by atoms with Gasteiger partial charge in [-0.2, -0.15) is 13.2 Å². The number of hydrogen-bond acceptors (Lipinski definition) is 1. The predicted molar refractivity (Wildman–Crippen MR) is 34.7 cm³/mol. The van der Waals surface area contributed by atoms with E-state index in [9.17, 15) is 30.7 Å². The maximum absolute atomic E-state index is 12.9. The first-order valence-electron chi connectivity index (χ1n) is 3.92. The molecule has 15 heavy (non-hydrogen) atoms. The third-order valence-corrected chi connectivity index (χ3v) is 2.60. The van der Waals surface area contributed by atoms with E-state index in [4.69, 9.17) is 5.11 Å². The molecule has 0 aromatic carbocycles. The molecule has 0 spiro atoms. The molecule has 2 atom stereocenters. The van der Waals surface area contributed by atoms with Gasteiger partial charge in [0.15, 0.2) is 0 Å². The zero-order valence-electron chi connectivity index (χ0n) is 7.38. The highest BCUT2D eigenvalue weighted by Crippen LogP contribution is 2.61. The second kappa shape index (κ2) is 2.78. The average molecular weight is 240 g/mol. The number of halogens is 7. The van der Waals surface area contributed by atoms with Crippen LogP contribution in [-0.4, -0.2) is 28.7 Å². The van der Waals surface area contributed by atoms with Gasteiger partial charge in [-0.15, -0.1) is 0 Å². The van der Waals surface area contributed by atoms with Gasteiger partial charge in [-0.3, -0.25) is 0 Å². The quantitative estimate of drug-likeness (QED) is 0.645. The largest absolute Gasteiger partial charge is 0.429 e. The van der Waals surface area contributed by atoms with Crippen molar-refractivity contribution in [3.05, 3.63) is 0 Å². The van der Waals surface area contributed by atoms with Crippen LogP contribution in [0.4, 0.5) is 30.7 Å². The van der Waals surface area contributed by atoms with Gasteiger partial charge in [0, 0.05) is 12.3 Å². The fourth-order valence-electron chi connectivity index (χ4n) is 1.66. The zero-order valence-corrected chi connectivity index (χ0v) is 7.38. The fraction of sp³-hybridized carbons (Fsp3) is 1.00. The Morgan fingerprint density at radius 3 is 1.67 bits per heavy atom. The van der Waals surface area contributed by atoms with Crippen molar-refractivity contribution in [2.75, 3.05) is 0 Å². The van der Waals surface area contributed by atoms with E-state index >= 15 is 0 Å². The van der Waals surface area contributed by atoms with Crippen molar-refractivity contribution in [1.82, 2.24) is 0 Å². The minimum atomic E-state index is -6.08. The SMILES string of the molecule is C[C@H]1CC(F)(F)C(O)(C(F)(F)F)C1(F)F. The number of rotatable bonds is 0. The van der Waals surface area contributed by atoms with Crippen LogP contribution in [0.2, 0.25) is 0 Å². The highest BCUT2D eigenvalue weighted by atomic mass is 19.4. The van der Waals surface area contributed by atoms with Crippen molar-refractivity contribution < 1.29 is 35.8 Å². The van der Waals surface area contributed by atoms with Crippen molar-refractivity contribution in [3.63, 3.8) is 0 Å². The normalized spacial score (nSPS) is 39.4. The van der Waals surface area contributed by atoms with Crippen molar-refractivity contribution >= 4 is 0 Å². The van der Waals surface area contributed by atoms with E-state index in [1.165, 1.54) is 0 Å². The molecule has 0 saturated heterocycles. The maximum Gasteiger partial charge on any atom is 0.429 e. The lowest BCUT2D eigenvalue weighted by Crippen LogP contribution is -2.64. The van der Waals surface area contributed by atoms with Crippen molar-refractivity contribution in [2.45, 2.75) is 37.0 Å². The molecule has 1 rings (SSSR count). The molecular formula is C7H7F7O. The van der Waals surface area contributed by atoms with Crippen LogP contribution in [0.1, 0.15) is 13.3 Å². The molecule has 0 amide bonds. The van der Waals surface area contributed by atoms with Gasteiger partial charge in [0.2, 0.25) is 0 Å². The Morgan fingerprint density at radius 1 is 1.13 bits per heavy atom. The van der Waals surface area contributed by atoms with Gasteiger partial charge < -0.3 is 5.11 Å². The summed E-state index contributed by atoms with van der Waals surface area (Å²) in [6, 6.07) is 0. The molecule has 1 aliphatic carbocycles. The molecule has 0 heterocycles. The van der Waals surface area contributed by atoms with Gasteiger partial charge >= 0.3 is 6.18 Å². The van der Waals surface area contributed by atoms with Crippen LogP contribution in [0.25, 0.3) is 0 Å². The Morgan fingerprint density at radius 2 is 1.53 bits per heavy atom. The van der Waals surface area contributed by atoms with E-state index in [-0.39, 0.29) is 0 Å². The van der Waals surface area contributed by atoms with Gasteiger partial charge in [0.25, 0.3) is 17.4 Å². The second-order valence-electron chi connectivity index (χ2n) is 3.64. The minimum Gasteiger partial charge on any atom is -0.371 e. The lowest BCUT2D eigenvalue weighted by Gasteiger charge is -2.35. The summed E-state index contributed by atoms with van der Waals surface area (Å²) in [5.74, 6) is -12.0. The lowest BCUT2D eigenvalue weighted by atomic mass is 9.93. The smallest absolute Gasteiger partial charge is 0.371 e. The highest BCUT2D eigenvalue weighted by molar-refractivity contribution is 5.16. The first kappa shape index (κ1) is 12.5. The molecule has 1 N–H and O–H groups in total. The number of hydrogen-bond donors (Lipinski definition) is 1. The summed E-state index contributed by atoms with van der Waals surface area (Å²) in [5.41, 5.74) is -5.27. The second-order valence-corrected chi connectivity index (χ2v) is 3.64. The van der Waals surface area contributed by atoms with E-state index in [0.29, 0.717) is 6.92 Å². The van der Waals surface area contributed by atoms with E-state index in [2.05, 4.69) is 0 Å². The van der Waals surface area contributed by atoms with Crippen LogP contribution in [0.5, 0.6) is 0 Å². The van der Waals surface area contributed by atoms with Gasteiger partial charge in [0.1, 0.15) is 0 Å². The third-order valence-electron chi connectivity index (χ3n) is 2.60. The summed E-state index contributed by atoms with van der Waals surface area (Å²) in [6.07, 6.45) is -7.78. The maximum atomic E-state index is 12.9. The summed E-state index contributed by atoms with van der Waals surface area (Å²) >= 11 is 0. The Labute approximate surface area is 79.9 Å². The fourth-order valence-corrected chi connectivity index (χ4v) is 1.66. The Bertz CT molecular complexity index is 271. The van der Waals surface area contributed by atoms with Gasteiger partial charge in [-0.05, 0) is 0 Å². The molecule has 0 aromatic heterocycles. The van der Waals surface area contributed by atoms with E-state index < -0.39 is 36.0 Å². The molecule has 1 unspecified atom stereocenters. The van der Waals surface area contributed by atoms with Crippen molar-refractivity contribution in [2.24, 2.45) is 5.92 Å². The molecule has 1 nitrogen and oxygen atoms in total. The molecule has 1 aliphatic rings. The Kier molecular flexibility index (Phi) is 2.32. The third kappa shape index (κ3) is 1.26. The Balaban J connectivity index is 3.36. The molecule has 8 heteroatoms. The molecule has 0 radical (unpaired) electrons. The molecular weight excluding hydrogens is 233 g/mol. The highest BCUT2D eigenvalue weighted by Gasteiger charge is 2.86. The summed E-state index contributed by atoms with van der Waals surface area (Å²) in [7, 11) is 0. The van der Waals surface area contributed by atoms with Crippen LogP contribution in [0, 0.1) is 5.92 Å². The monoisotopic (exact) mass is 240 g/mol. The van der Waals surface area contributed by atoms with Crippen molar-refractivity contribution in [3.8, 4) is 0 Å². The summed E-state index contributed by atoms with van der Waals surface area (Å²) in [5, 5.41) is 8.63. The van der Waals surface area contributed by atoms with Crippen LogP contribution in [-0.2, 0) is 0 Å². The van der Waals surface area contributed by atoms with Crippen LogP contribution >= 0.6 is 0 Å².